The summed E-state index contributed by atoms with van der Waals surface area (Å²) >= 11 is 0. The van der Waals surface area contributed by atoms with Crippen molar-refractivity contribution in [2.75, 3.05) is 5.32 Å². The van der Waals surface area contributed by atoms with Gasteiger partial charge in [-0.05, 0) is 56.2 Å². The zero-order valence-corrected chi connectivity index (χ0v) is 18.2. The molecule has 0 unspecified atom stereocenters. The molecule has 0 aliphatic rings. The molecule has 0 spiro atoms. The molecule has 2 amide bonds. The van der Waals surface area contributed by atoms with Crippen LogP contribution in [0.3, 0.4) is 0 Å². The molecular weight excluding hydrogens is 404 g/mol. The van der Waals surface area contributed by atoms with Crippen LogP contribution in [-0.2, 0) is 17.9 Å². The Labute approximate surface area is 186 Å². The number of carbonyl (C=O) groups is 2. The highest BCUT2D eigenvalue weighted by atomic mass is 16.2. The molecule has 0 aliphatic heterocycles. The number of benzene rings is 2. The summed E-state index contributed by atoms with van der Waals surface area (Å²) in [6.07, 6.45) is 0. The third-order valence-electron chi connectivity index (χ3n) is 5.10. The molecule has 162 valence electrons. The van der Waals surface area contributed by atoms with Gasteiger partial charge in [-0.25, -0.2) is 0 Å². The fourth-order valence-corrected chi connectivity index (χ4v) is 3.33. The molecule has 2 aromatic carbocycles. The van der Waals surface area contributed by atoms with Crippen LogP contribution in [0.1, 0.15) is 38.3 Å². The first kappa shape index (κ1) is 22.5. The highest BCUT2D eigenvalue weighted by molar-refractivity contribution is 5.97. The third-order valence-corrected chi connectivity index (χ3v) is 5.10. The lowest BCUT2D eigenvalue weighted by Crippen LogP contribution is -2.31. The van der Waals surface area contributed by atoms with E-state index in [0.29, 0.717) is 29.1 Å². The van der Waals surface area contributed by atoms with Crippen molar-refractivity contribution in [1.82, 2.24) is 9.88 Å². The number of hydrogen-bond donors (Lipinski definition) is 2. The van der Waals surface area contributed by atoms with Gasteiger partial charge in [-0.1, -0.05) is 35.9 Å². The summed E-state index contributed by atoms with van der Waals surface area (Å²) in [6.45, 7) is 5.56. The molecular formula is C25H24N4O3. The summed E-state index contributed by atoms with van der Waals surface area (Å²) in [5, 5.41) is 14.8. The SMILES string of the molecule is Cc1ccc(CNC(=O)c2cccc(NC(=O)Cn3c(C)cc(C)c(C#N)c3=O)c2)cc1. The lowest BCUT2D eigenvalue weighted by atomic mass is 10.1. The fourth-order valence-electron chi connectivity index (χ4n) is 3.33. The Morgan fingerprint density at radius 2 is 1.75 bits per heavy atom. The number of anilines is 1. The summed E-state index contributed by atoms with van der Waals surface area (Å²) in [5.74, 6) is -0.689. The molecule has 0 saturated heterocycles. The first-order chi connectivity index (χ1) is 15.3. The summed E-state index contributed by atoms with van der Waals surface area (Å²) in [4.78, 5) is 37.5. The molecule has 1 aromatic heterocycles. The highest BCUT2D eigenvalue weighted by Gasteiger charge is 2.14. The molecule has 0 atom stereocenters. The average molecular weight is 428 g/mol. The number of nitrogens with one attached hydrogen (secondary N) is 2. The number of pyridine rings is 1. The average Bonchev–Trinajstić information content (AvgIpc) is 2.76. The first-order valence-corrected chi connectivity index (χ1v) is 10.1. The van der Waals surface area contributed by atoms with E-state index in [9.17, 15) is 19.6 Å². The molecule has 7 heteroatoms. The Kier molecular flexibility index (Phi) is 6.86. The van der Waals surface area contributed by atoms with Gasteiger partial charge in [0.1, 0.15) is 18.2 Å². The van der Waals surface area contributed by atoms with Gasteiger partial charge in [0.15, 0.2) is 0 Å². The minimum atomic E-state index is -0.496. The van der Waals surface area contributed by atoms with E-state index in [1.165, 1.54) is 4.57 Å². The van der Waals surface area contributed by atoms with Gasteiger partial charge in [0.2, 0.25) is 5.91 Å². The number of rotatable bonds is 6. The maximum absolute atomic E-state index is 12.5. The van der Waals surface area contributed by atoms with Crippen molar-refractivity contribution in [2.24, 2.45) is 0 Å². The lowest BCUT2D eigenvalue weighted by Gasteiger charge is -2.13. The van der Waals surface area contributed by atoms with Gasteiger partial charge in [-0.15, -0.1) is 0 Å². The number of amides is 2. The Balaban J connectivity index is 1.67. The van der Waals surface area contributed by atoms with Crippen LogP contribution in [0, 0.1) is 32.1 Å². The van der Waals surface area contributed by atoms with Gasteiger partial charge in [-0.3, -0.25) is 14.4 Å². The summed E-state index contributed by atoms with van der Waals surface area (Å²) < 4.78 is 1.26. The van der Waals surface area contributed by atoms with Crippen LogP contribution in [-0.4, -0.2) is 16.4 Å². The van der Waals surface area contributed by atoms with Crippen molar-refractivity contribution < 1.29 is 9.59 Å². The maximum Gasteiger partial charge on any atom is 0.269 e. The van der Waals surface area contributed by atoms with Gasteiger partial charge in [0, 0.05) is 23.5 Å². The number of hydrogen-bond acceptors (Lipinski definition) is 4. The topological polar surface area (TPSA) is 104 Å². The van der Waals surface area contributed by atoms with Crippen LogP contribution < -0.4 is 16.2 Å². The van der Waals surface area contributed by atoms with E-state index < -0.39 is 11.5 Å². The number of nitrogens with zero attached hydrogens (tertiary/aromatic N) is 2. The highest BCUT2D eigenvalue weighted by Crippen LogP contribution is 2.12. The van der Waals surface area contributed by atoms with Crippen LogP contribution in [0.15, 0.2) is 59.4 Å². The Hall–Kier alpha value is -4.18. The molecule has 0 bridgehead atoms. The van der Waals surface area contributed by atoms with Crippen LogP contribution in [0.4, 0.5) is 5.69 Å². The van der Waals surface area contributed by atoms with Gasteiger partial charge >= 0.3 is 0 Å². The van der Waals surface area contributed by atoms with E-state index >= 15 is 0 Å². The Morgan fingerprint density at radius 3 is 2.44 bits per heavy atom. The number of aryl methyl sites for hydroxylation is 3. The molecule has 0 fully saturated rings. The van der Waals surface area contributed by atoms with Crippen molar-refractivity contribution in [3.05, 3.63) is 98.5 Å². The Bertz CT molecular complexity index is 1270. The van der Waals surface area contributed by atoms with Crippen LogP contribution in [0.25, 0.3) is 0 Å². The molecule has 3 aromatic rings. The predicted octanol–water partition coefficient (Wildman–Crippen LogP) is 3.21. The van der Waals surface area contributed by atoms with Crippen molar-refractivity contribution in [2.45, 2.75) is 33.9 Å². The smallest absolute Gasteiger partial charge is 0.269 e. The minimum absolute atomic E-state index is 0.0237. The predicted molar refractivity (Wildman–Crippen MR) is 122 cm³/mol. The Morgan fingerprint density at radius 1 is 1.03 bits per heavy atom. The molecule has 3 rings (SSSR count). The normalized spacial score (nSPS) is 10.3. The fraction of sp³-hybridized carbons (Fsp3) is 0.200. The van der Waals surface area contributed by atoms with Crippen molar-refractivity contribution >= 4 is 17.5 Å². The van der Waals surface area contributed by atoms with E-state index in [2.05, 4.69) is 10.6 Å². The van der Waals surface area contributed by atoms with Gasteiger partial charge in [0.25, 0.3) is 11.5 Å². The van der Waals surface area contributed by atoms with E-state index in [4.69, 9.17) is 0 Å². The van der Waals surface area contributed by atoms with E-state index in [-0.39, 0.29) is 18.0 Å². The summed E-state index contributed by atoms with van der Waals surface area (Å²) in [5.41, 5.74) is 3.68. The molecule has 0 saturated carbocycles. The molecule has 0 aliphatic carbocycles. The second kappa shape index (κ2) is 9.75. The summed E-state index contributed by atoms with van der Waals surface area (Å²) in [6, 6.07) is 18.1. The van der Waals surface area contributed by atoms with Gasteiger partial charge in [0.05, 0.1) is 0 Å². The van der Waals surface area contributed by atoms with Gasteiger partial charge in [-0.2, -0.15) is 5.26 Å². The van der Waals surface area contributed by atoms with Crippen molar-refractivity contribution in [3.63, 3.8) is 0 Å². The first-order valence-electron chi connectivity index (χ1n) is 10.1. The second-order valence-electron chi connectivity index (χ2n) is 7.64. The third kappa shape index (κ3) is 5.29. The van der Waals surface area contributed by atoms with E-state index in [0.717, 1.165) is 11.1 Å². The quantitative estimate of drug-likeness (QED) is 0.629. The second-order valence-corrected chi connectivity index (χ2v) is 7.64. The number of aromatic nitrogens is 1. The zero-order valence-electron chi connectivity index (χ0n) is 18.2. The van der Waals surface area contributed by atoms with Crippen molar-refractivity contribution in [3.8, 4) is 6.07 Å². The zero-order chi connectivity index (χ0) is 23.3. The molecule has 7 nitrogen and oxygen atoms in total. The van der Waals surface area contributed by atoms with E-state index in [1.807, 2.05) is 37.3 Å². The molecule has 32 heavy (non-hydrogen) atoms. The van der Waals surface area contributed by atoms with Crippen molar-refractivity contribution in [1.29, 1.82) is 5.26 Å². The monoisotopic (exact) mass is 428 g/mol. The number of nitriles is 1. The van der Waals surface area contributed by atoms with Crippen LogP contribution in [0.5, 0.6) is 0 Å². The molecule has 2 N–H and O–H groups in total. The maximum atomic E-state index is 12.5. The van der Waals surface area contributed by atoms with Gasteiger partial charge < -0.3 is 15.2 Å². The van der Waals surface area contributed by atoms with E-state index in [1.54, 1.807) is 44.2 Å². The standard InChI is InChI=1S/C25H24N4O3/c1-16-7-9-19(10-8-16)14-27-24(31)20-5-4-6-21(12-20)28-23(30)15-29-18(3)11-17(2)22(13-26)25(29)32/h4-12H,14-15H2,1-3H3,(H,27,31)(H,28,30). The lowest BCUT2D eigenvalue weighted by molar-refractivity contribution is -0.116. The van der Waals surface area contributed by atoms with Crippen LogP contribution >= 0.6 is 0 Å². The van der Waals surface area contributed by atoms with Crippen LogP contribution in [0.2, 0.25) is 0 Å². The number of carbonyl (C=O) groups excluding carboxylic acids is 2. The molecule has 0 radical (unpaired) electrons. The largest absolute Gasteiger partial charge is 0.348 e. The molecule has 1 heterocycles. The minimum Gasteiger partial charge on any atom is -0.348 e. The summed E-state index contributed by atoms with van der Waals surface area (Å²) in [7, 11) is 0.